The minimum atomic E-state index is 0.385. The maximum atomic E-state index is 8.96. The average Bonchev–Trinajstić information content (AvgIpc) is 2.60. The fourth-order valence-corrected chi connectivity index (χ4v) is 3.14. The molecule has 0 bridgehead atoms. The number of likely N-dealkylation sites (tertiary alicyclic amines) is 1. The van der Waals surface area contributed by atoms with Crippen LogP contribution in [0.1, 0.15) is 39.0 Å². The van der Waals surface area contributed by atoms with Crippen LogP contribution in [0.5, 0.6) is 0 Å². The molecule has 0 unspecified atom stereocenters. The van der Waals surface area contributed by atoms with Gasteiger partial charge in [-0.25, -0.2) is 0 Å². The van der Waals surface area contributed by atoms with Crippen molar-refractivity contribution >= 4 is 0 Å². The van der Waals surface area contributed by atoms with Crippen molar-refractivity contribution in [2.45, 2.75) is 39.0 Å². The number of hydrogen-bond donors (Lipinski definition) is 1. The Morgan fingerprint density at radius 3 is 2.43 bits per heavy atom. The summed E-state index contributed by atoms with van der Waals surface area (Å²) in [6.45, 7) is 6.29. The minimum Gasteiger partial charge on any atom is -0.396 e. The normalized spacial score (nSPS) is 27.9. The van der Waals surface area contributed by atoms with Gasteiger partial charge in [-0.2, -0.15) is 0 Å². The third-order valence-corrected chi connectivity index (χ3v) is 4.26. The van der Waals surface area contributed by atoms with Crippen molar-refractivity contribution in [3.05, 3.63) is 0 Å². The molecule has 0 radical (unpaired) electrons. The number of aliphatic hydroxyl groups is 1. The molecule has 82 valence electrons. The summed E-state index contributed by atoms with van der Waals surface area (Å²) in [6.07, 6.45) is 7.08. The predicted octanol–water partition coefficient (Wildman–Crippen LogP) is 1.88. The summed E-state index contributed by atoms with van der Waals surface area (Å²) in [6, 6.07) is 0. The average molecular weight is 197 g/mol. The van der Waals surface area contributed by atoms with Crippen molar-refractivity contribution in [1.29, 1.82) is 0 Å². The van der Waals surface area contributed by atoms with E-state index in [9.17, 15) is 0 Å². The molecule has 0 spiro atoms. The van der Waals surface area contributed by atoms with Gasteiger partial charge in [0.15, 0.2) is 0 Å². The highest BCUT2D eigenvalue weighted by atomic mass is 16.3. The van der Waals surface area contributed by atoms with Crippen molar-refractivity contribution in [2.24, 2.45) is 11.3 Å². The van der Waals surface area contributed by atoms with Gasteiger partial charge >= 0.3 is 0 Å². The molecule has 2 fully saturated rings. The van der Waals surface area contributed by atoms with Crippen LogP contribution in [0.3, 0.4) is 0 Å². The Hall–Kier alpha value is -0.0800. The smallest absolute Gasteiger partial charge is 0.0483 e. The van der Waals surface area contributed by atoms with Crippen molar-refractivity contribution in [1.82, 2.24) is 4.90 Å². The molecule has 2 heteroatoms. The van der Waals surface area contributed by atoms with E-state index in [4.69, 9.17) is 5.11 Å². The molecule has 1 N–H and O–H groups in total. The first-order valence-corrected chi connectivity index (χ1v) is 6.11. The maximum Gasteiger partial charge on any atom is 0.0483 e. The predicted molar refractivity (Wildman–Crippen MR) is 58.2 cm³/mol. The van der Waals surface area contributed by atoms with Crippen molar-refractivity contribution < 1.29 is 5.11 Å². The van der Waals surface area contributed by atoms with E-state index in [2.05, 4.69) is 11.8 Å². The largest absolute Gasteiger partial charge is 0.396 e. The summed E-state index contributed by atoms with van der Waals surface area (Å²) in [5.41, 5.74) is 0.639. The molecular weight excluding hydrogens is 174 g/mol. The zero-order valence-electron chi connectivity index (χ0n) is 9.34. The molecule has 1 saturated carbocycles. The van der Waals surface area contributed by atoms with Gasteiger partial charge in [-0.15, -0.1) is 0 Å². The summed E-state index contributed by atoms with van der Waals surface area (Å²) < 4.78 is 0. The monoisotopic (exact) mass is 197 g/mol. The molecule has 1 aliphatic heterocycles. The molecule has 0 aromatic rings. The van der Waals surface area contributed by atoms with E-state index in [0.717, 1.165) is 13.1 Å². The molecule has 0 aromatic heterocycles. The fourth-order valence-electron chi connectivity index (χ4n) is 3.14. The van der Waals surface area contributed by atoms with Crippen LogP contribution in [-0.4, -0.2) is 36.2 Å². The molecule has 0 aromatic carbocycles. The van der Waals surface area contributed by atoms with Crippen molar-refractivity contribution in [2.75, 3.05) is 26.2 Å². The Morgan fingerprint density at radius 2 is 1.93 bits per heavy atom. The van der Waals surface area contributed by atoms with E-state index in [0.29, 0.717) is 17.9 Å². The molecule has 14 heavy (non-hydrogen) atoms. The second-order valence-electron chi connectivity index (χ2n) is 5.30. The highest BCUT2D eigenvalue weighted by molar-refractivity contribution is 4.90. The first kappa shape index (κ1) is 10.4. The second kappa shape index (κ2) is 4.19. The highest BCUT2D eigenvalue weighted by Gasteiger charge is 2.37. The third-order valence-electron chi connectivity index (χ3n) is 4.26. The second-order valence-corrected chi connectivity index (χ2v) is 5.30. The van der Waals surface area contributed by atoms with Gasteiger partial charge in [0.2, 0.25) is 0 Å². The van der Waals surface area contributed by atoms with E-state index >= 15 is 0 Å². The summed E-state index contributed by atoms with van der Waals surface area (Å²) in [5.74, 6) is 0.574. The van der Waals surface area contributed by atoms with E-state index in [1.54, 1.807) is 0 Å². The van der Waals surface area contributed by atoms with E-state index < -0.39 is 0 Å². The summed E-state index contributed by atoms with van der Waals surface area (Å²) >= 11 is 0. The van der Waals surface area contributed by atoms with Crippen LogP contribution in [-0.2, 0) is 0 Å². The zero-order valence-corrected chi connectivity index (χ0v) is 9.34. The molecule has 1 aliphatic carbocycles. The molecule has 2 nitrogen and oxygen atoms in total. The lowest BCUT2D eigenvalue weighted by molar-refractivity contribution is 0.0177. The molecule has 0 atom stereocenters. The lowest BCUT2D eigenvalue weighted by atomic mass is 9.81. The Bertz CT molecular complexity index is 181. The third kappa shape index (κ3) is 1.96. The standard InChI is InChI=1S/C12H23NO/c1-2-12(5-3-4-6-12)10-13-7-11(8-13)9-14/h11,14H,2-10H2,1H3. The van der Waals surface area contributed by atoms with E-state index in [1.165, 1.54) is 38.6 Å². The number of rotatable bonds is 4. The molecular formula is C12H23NO. The summed E-state index contributed by atoms with van der Waals surface area (Å²) in [4.78, 5) is 2.54. The topological polar surface area (TPSA) is 23.5 Å². The van der Waals surface area contributed by atoms with Crippen LogP contribution in [0.25, 0.3) is 0 Å². The molecule has 2 aliphatic rings. The summed E-state index contributed by atoms with van der Waals surface area (Å²) in [7, 11) is 0. The lowest BCUT2D eigenvalue weighted by Gasteiger charge is -2.44. The lowest BCUT2D eigenvalue weighted by Crippen LogP contribution is -2.52. The zero-order chi connectivity index (χ0) is 10.0. The minimum absolute atomic E-state index is 0.385. The number of hydrogen-bond acceptors (Lipinski definition) is 2. The van der Waals surface area contributed by atoms with Gasteiger partial charge in [-0.1, -0.05) is 19.8 Å². The first-order chi connectivity index (χ1) is 6.78. The van der Waals surface area contributed by atoms with Crippen LogP contribution in [0.2, 0.25) is 0 Å². The van der Waals surface area contributed by atoms with Gasteiger partial charge < -0.3 is 10.0 Å². The molecule has 2 rings (SSSR count). The van der Waals surface area contributed by atoms with E-state index in [1.807, 2.05) is 0 Å². The van der Waals surface area contributed by atoms with Crippen molar-refractivity contribution in [3.63, 3.8) is 0 Å². The van der Waals surface area contributed by atoms with Gasteiger partial charge in [0, 0.05) is 32.2 Å². The van der Waals surface area contributed by atoms with Crippen LogP contribution >= 0.6 is 0 Å². The summed E-state index contributed by atoms with van der Waals surface area (Å²) in [5, 5.41) is 8.96. The van der Waals surface area contributed by atoms with Crippen LogP contribution < -0.4 is 0 Å². The van der Waals surface area contributed by atoms with Gasteiger partial charge in [-0.05, 0) is 24.7 Å². The number of aliphatic hydroxyl groups excluding tert-OH is 1. The highest BCUT2D eigenvalue weighted by Crippen LogP contribution is 2.42. The SMILES string of the molecule is CCC1(CN2CC(CO)C2)CCCC1. The first-order valence-electron chi connectivity index (χ1n) is 6.11. The fraction of sp³-hybridized carbons (Fsp3) is 1.00. The Morgan fingerprint density at radius 1 is 1.29 bits per heavy atom. The van der Waals surface area contributed by atoms with E-state index in [-0.39, 0.29) is 0 Å². The van der Waals surface area contributed by atoms with Crippen LogP contribution in [0.15, 0.2) is 0 Å². The van der Waals surface area contributed by atoms with Gasteiger partial charge in [0.05, 0.1) is 0 Å². The van der Waals surface area contributed by atoms with Crippen molar-refractivity contribution in [3.8, 4) is 0 Å². The maximum absolute atomic E-state index is 8.96. The van der Waals surface area contributed by atoms with Gasteiger partial charge in [-0.3, -0.25) is 0 Å². The molecule has 1 heterocycles. The molecule has 0 amide bonds. The van der Waals surface area contributed by atoms with Crippen LogP contribution in [0, 0.1) is 11.3 Å². The number of nitrogens with zero attached hydrogens (tertiary/aromatic N) is 1. The Labute approximate surface area is 87.3 Å². The molecule has 1 saturated heterocycles. The Balaban J connectivity index is 1.79. The quantitative estimate of drug-likeness (QED) is 0.744. The Kier molecular flexibility index (Phi) is 3.13. The van der Waals surface area contributed by atoms with Crippen LogP contribution in [0.4, 0.5) is 0 Å². The van der Waals surface area contributed by atoms with Gasteiger partial charge in [0.1, 0.15) is 0 Å². The van der Waals surface area contributed by atoms with Gasteiger partial charge in [0.25, 0.3) is 0 Å².